The Hall–Kier alpha value is -0.150. The number of halogens is 2. The maximum Gasteiger partial charge on any atom is 0.229 e. The van der Waals surface area contributed by atoms with Gasteiger partial charge in [-0.2, -0.15) is 8.76 Å². The molecule has 0 aromatic carbocycles. The van der Waals surface area contributed by atoms with Gasteiger partial charge >= 0.3 is 0 Å². The van der Waals surface area contributed by atoms with Crippen LogP contribution in [0.15, 0.2) is 0 Å². The van der Waals surface area contributed by atoms with Crippen molar-refractivity contribution in [3.05, 3.63) is 15.8 Å². The molecule has 0 unspecified atom stereocenters. The van der Waals surface area contributed by atoms with Crippen LogP contribution in [0.3, 0.4) is 0 Å². The third kappa shape index (κ3) is 1.71. The molecule has 0 amide bonds. The van der Waals surface area contributed by atoms with Crippen molar-refractivity contribution >= 4 is 23.1 Å². The molecule has 1 aromatic heterocycles. The summed E-state index contributed by atoms with van der Waals surface area (Å²) in [6.45, 7) is 5.73. The van der Waals surface area contributed by atoms with E-state index in [2.05, 4.69) is 4.37 Å². The molecule has 1 rings (SSSR count). The van der Waals surface area contributed by atoms with Gasteiger partial charge in [-0.05, 0) is 16.9 Å². The van der Waals surface area contributed by atoms with Crippen molar-refractivity contribution in [2.75, 3.05) is 0 Å². The van der Waals surface area contributed by atoms with Crippen molar-refractivity contribution in [3.63, 3.8) is 0 Å². The number of rotatable bonds is 0. The molecule has 0 atom stereocenters. The second-order valence-corrected chi connectivity index (χ2v) is 4.75. The minimum absolute atomic E-state index is 0.256. The van der Waals surface area contributed by atoms with E-state index in [1.54, 1.807) is 0 Å². The van der Waals surface area contributed by atoms with Gasteiger partial charge < -0.3 is 0 Å². The molecule has 11 heavy (non-hydrogen) atoms. The van der Waals surface area contributed by atoms with E-state index in [0.29, 0.717) is 9.90 Å². The third-order valence-electron chi connectivity index (χ3n) is 1.36. The summed E-state index contributed by atoms with van der Waals surface area (Å²) >= 11 is 6.74. The van der Waals surface area contributed by atoms with Crippen LogP contribution in [-0.4, -0.2) is 4.37 Å². The van der Waals surface area contributed by atoms with Crippen LogP contribution in [0.25, 0.3) is 0 Å². The molecule has 0 bridgehead atoms. The molecule has 62 valence electrons. The molecule has 0 aliphatic rings. The highest BCUT2D eigenvalue weighted by Crippen LogP contribution is 2.33. The second kappa shape index (κ2) is 2.72. The monoisotopic (exact) mass is 193 g/mol. The number of hydrogen-bond donors (Lipinski definition) is 0. The SMILES string of the molecule is CC(C)(C)c1c(F)nsc1Cl. The predicted octanol–water partition coefficient (Wildman–Crippen LogP) is 3.23. The van der Waals surface area contributed by atoms with Crippen LogP contribution in [0.1, 0.15) is 26.3 Å². The van der Waals surface area contributed by atoms with Crippen LogP contribution >= 0.6 is 23.1 Å². The zero-order chi connectivity index (χ0) is 8.65. The molecule has 0 saturated heterocycles. The lowest BCUT2D eigenvalue weighted by molar-refractivity contribution is 0.511. The summed E-state index contributed by atoms with van der Waals surface area (Å²) in [4.78, 5) is 0. The van der Waals surface area contributed by atoms with E-state index in [1.165, 1.54) is 0 Å². The van der Waals surface area contributed by atoms with Gasteiger partial charge in [0.1, 0.15) is 4.34 Å². The Bertz CT molecular complexity index is 244. The van der Waals surface area contributed by atoms with E-state index in [9.17, 15) is 4.39 Å². The molecule has 0 radical (unpaired) electrons. The highest BCUT2D eigenvalue weighted by molar-refractivity contribution is 7.10. The Balaban J connectivity index is 3.21. The average Bonchev–Trinajstić information content (AvgIpc) is 2.08. The Morgan fingerprint density at radius 3 is 2.18 bits per heavy atom. The van der Waals surface area contributed by atoms with Gasteiger partial charge in [-0.1, -0.05) is 32.4 Å². The molecule has 0 spiro atoms. The minimum atomic E-state index is -0.437. The fourth-order valence-electron chi connectivity index (χ4n) is 0.857. The van der Waals surface area contributed by atoms with Crippen LogP contribution in [-0.2, 0) is 5.41 Å². The first-order valence-electron chi connectivity index (χ1n) is 3.24. The molecule has 0 aliphatic heterocycles. The van der Waals surface area contributed by atoms with Crippen LogP contribution in [0.5, 0.6) is 0 Å². The maximum atomic E-state index is 12.9. The van der Waals surface area contributed by atoms with Gasteiger partial charge in [0.05, 0.1) is 0 Å². The second-order valence-electron chi connectivity index (χ2n) is 3.37. The smallest absolute Gasteiger partial charge is 0.184 e. The normalized spacial score (nSPS) is 12.1. The van der Waals surface area contributed by atoms with Crippen molar-refractivity contribution in [2.24, 2.45) is 0 Å². The van der Waals surface area contributed by atoms with Crippen LogP contribution in [0.2, 0.25) is 4.34 Å². The zero-order valence-corrected chi connectivity index (χ0v) is 8.18. The Kier molecular flexibility index (Phi) is 2.21. The topological polar surface area (TPSA) is 12.9 Å². The fraction of sp³-hybridized carbons (Fsp3) is 0.571. The summed E-state index contributed by atoms with van der Waals surface area (Å²) in [5, 5.41) is 0. The Morgan fingerprint density at radius 1 is 1.45 bits per heavy atom. The molecule has 1 aromatic rings. The summed E-state index contributed by atoms with van der Waals surface area (Å²) in [5.41, 5.74) is 0.262. The van der Waals surface area contributed by atoms with Gasteiger partial charge in [0.2, 0.25) is 5.95 Å². The zero-order valence-electron chi connectivity index (χ0n) is 6.61. The van der Waals surface area contributed by atoms with Crippen LogP contribution in [0, 0.1) is 5.95 Å². The molecule has 4 heteroatoms. The number of nitrogens with zero attached hydrogens (tertiary/aromatic N) is 1. The molecule has 0 N–H and O–H groups in total. The van der Waals surface area contributed by atoms with Gasteiger partial charge in [-0.15, -0.1) is 0 Å². The molecule has 0 saturated carbocycles. The quantitative estimate of drug-likeness (QED) is 0.617. The maximum absolute atomic E-state index is 12.9. The van der Waals surface area contributed by atoms with Crippen LogP contribution < -0.4 is 0 Å². The Labute approximate surface area is 74.4 Å². The van der Waals surface area contributed by atoms with E-state index < -0.39 is 5.95 Å². The van der Waals surface area contributed by atoms with Gasteiger partial charge in [0.15, 0.2) is 0 Å². The fourth-order valence-corrected chi connectivity index (χ4v) is 2.06. The average molecular weight is 194 g/mol. The van der Waals surface area contributed by atoms with Gasteiger partial charge in [0.25, 0.3) is 0 Å². The standard InChI is InChI=1S/C7H9ClFNS/c1-7(2,3)4-5(8)11-10-6(4)9/h1-3H3. The lowest BCUT2D eigenvalue weighted by Crippen LogP contribution is -2.12. The van der Waals surface area contributed by atoms with E-state index in [1.807, 2.05) is 20.8 Å². The highest BCUT2D eigenvalue weighted by atomic mass is 35.5. The van der Waals surface area contributed by atoms with E-state index >= 15 is 0 Å². The summed E-state index contributed by atoms with van der Waals surface area (Å²) in [6, 6.07) is 0. The molecule has 1 nitrogen and oxygen atoms in total. The largest absolute Gasteiger partial charge is 0.229 e. The molecular weight excluding hydrogens is 185 g/mol. The van der Waals surface area contributed by atoms with Crippen LogP contribution in [0.4, 0.5) is 4.39 Å². The highest BCUT2D eigenvalue weighted by Gasteiger charge is 2.24. The molecule has 0 fully saturated rings. The van der Waals surface area contributed by atoms with Gasteiger partial charge in [0, 0.05) is 5.56 Å². The predicted molar refractivity (Wildman–Crippen MR) is 45.8 cm³/mol. The van der Waals surface area contributed by atoms with Crippen molar-refractivity contribution in [1.29, 1.82) is 0 Å². The first-order chi connectivity index (χ1) is 4.93. The van der Waals surface area contributed by atoms with E-state index in [0.717, 1.165) is 11.5 Å². The van der Waals surface area contributed by atoms with Gasteiger partial charge in [-0.25, -0.2) is 0 Å². The summed E-state index contributed by atoms with van der Waals surface area (Å²) in [5.74, 6) is -0.437. The molecule has 1 heterocycles. The molecular formula is C7H9ClFNS. The number of hydrogen-bond acceptors (Lipinski definition) is 2. The first-order valence-corrected chi connectivity index (χ1v) is 4.39. The summed E-state index contributed by atoms with van der Waals surface area (Å²) in [6.07, 6.45) is 0. The lowest BCUT2D eigenvalue weighted by Gasteiger charge is -2.16. The summed E-state index contributed by atoms with van der Waals surface area (Å²) in [7, 11) is 0. The lowest BCUT2D eigenvalue weighted by atomic mass is 9.90. The summed E-state index contributed by atoms with van der Waals surface area (Å²) < 4.78 is 16.9. The first kappa shape index (κ1) is 8.94. The number of aromatic nitrogens is 1. The van der Waals surface area contributed by atoms with Crippen molar-refractivity contribution in [1.82, 2.24) is 4.37 Å². The van der Waals surface area contributed by atoms with Crippen molar-refractivity contribution in [2.45, 2.75) is 26.2 Å². The third-order valence-corrected chi connectivity index (χ3v) is 2.37. The van der Waals surface area contributed by atoms with E-state index in [-0.39, 0.29) is 5.41 Å². The van der Waals surface area contributed by atoms with E-state index in [4.69, 9.17) is 11.6 Å². The molecule has 0 aliphatic carbocycles. The Morgan fingerprint density at radius 2 is 2.00 bits per heavy atom. The van der Waals surface area contributed by atoms with Gasteiger partial charge in [-0.3, -0.25) is 0 Å². The minimum Gasteiger partial charge on any atom is -0.184 e. The van der Waals surface area contributed by atoms with Crippen molar-refractivity contribution < 1.29 is 4.39 Å². The van der Waals surface area contributed by atoms with Crippen molar-refractivity contribution in [3.8, 4) is 0 Å².